The lowest BCUT2D eigenvalue weighted by Gasteiger charge is -1.99. The Morgan fingerprint density at radius 2 is 1.37 bits per heavy atom. The molecule has 0 bridgehead atoms. The smallest absolute Gasteiger partial charge is 0.248 e. The Hall–Kier alpha value is -2.64. The molecule has 0 atom stereocenters. The maximum absolute atomic E-state index is 9.28. The Labute approximate surface area is 109 Å². The molecule has 0 saturated carbocycles. The van der Waals surface area contributed by atoms with Gasteiger partial charge in [0.15, 0.2) is 0 Å². The van der Waals surface area contributed by atoms with Crippen LogP contribution in [0.1, 0.15) is 18.1 Å². The predicted molar refractivity (Wildman–Crippen MR) is 58.8 cm³/mol. The van der Waals surface area contributed by atoms with Gasteiger partial charge < -0.3 is 19.8 Å². The highest BCUT2D eigenvalue weighted by Gasteiger charge is 1.83. The molecule has 2 heterocycles. The van der Waals surface area contributed by atoms with Crippen LogP contribution in [0.4, 0.5) is 0 Å². The van der Waals surface area contributed by atoms with E-state index in [4.69, 9.17) is 0 Å². The van der Waals surface area contributed by atoms with Crippen molar-refractivity contribution in [2.75, 3.05) is 0 Å². The number of aryl methyl sites for hydroxylation is 2. The molecule has 104 valence electrons. The van der Waals surface area contributed by atoms with Crippen LogP contribution in [0.25, 0.3) is 0 Å². The number of aliphatic carboxylic acids is 2. The van der Waals surface area contributed by atoms with Crippen LogP contribution in [0.3, 0.4) is 0 Å². The SMILES string of the molecule is Cc1[nH]cc[nH+]1.Cc1[nH]cc[nH+]1.O=C([O-])CC(=O)[O-]. The van der Waals surface area contributed by atoms with E-state index in [0.29, 0.717) is 0 Å². The van der Waals surface area contributed by atoms with Crippen molar-refractivity contribution in [2.24, 2.45) is 0 Å². The number of aromatic nitrogens is 4. The zero-order valence-electron chi connectivity index (χ0n) is 10.6. The molecule has 2 rings (SSSR count). The fourth-order valence-electron chi connectivity index (χ4n) is 0.868. The van der Waals surface area contributed by atoms with Crippen LogP contribution >= 0.6 is 0 Å². The van der Waals surface area contributed by atoms with E-state index in [9.17, 15) is 19.8 Å². The molecule has 0 fully saturated rings. The zero-order valence-corrected chi connectivity index (χ0v) is 10.6. The molecular weight excluding hydrogens is 252 g/mol. The molecule has 8 nitrogen and oxygen atoms in total. The zero-order chi connectivity index (χ0) is 14.7. The monoisotopic (exact) mass is 268 g/mol. The molecule has 0 aliphatic heterocycles. The lowest BCUT2D eigenvalue weighted by atomic mass is 10.5. The number of hydrogen-bond donors (Lipinski definition) is 2. The second-order valence-electron chi connectivity index (χ2n) is 3.41. The minimum absolute atomic E-state index is 1.03. The first kappa shape index (κ1) is 16.4. The summed E-state index contributed by atoms with van der Waals surface area (Å²) in [5, 5.41) is 18.6. The van der Waals surface area contributed by atoms with Crippen LogP contribution in [0.5, 0.6) is 0 Å². The van der Waals surface area contributed by atoms with E-state index in [-0.39, 0.29) is 0 Å². The molecule has 0 radical (unpaired) electrons. The Bertz CT molecular complexity index is 421. The largest absolute Gasteiger partial charge is 0.550 e. The molecule has 0 saturated heterocycles. The van der Waals surface area contributed by atoms with E-state index >= 15 is 0 Å². The first-order valence-corrected chi connectivity index (χ1v) is 5.34. The second-order valence-corrected chi connectivity index (χ2v) is 3.41. The van der Waals surface area contributed by atoms with Gasteiger partial charge in [-0.05, 0) is 0 Å². The van der Waals surface area contributed by atoms with Crippen LogP contribution in [0.2, 0.25) is 0 Å². The van der Waals surface area contributed by atoms with Crippen molar-refractivity contribution in [2.45, 2.75) is 20.3 Å². The first-order valence-electron chi connectivity index (χ1n) is 5.34. The van der Waals surface area contributed by atoms with E-state index in [1.54, 1.807) is 0 Å². The second kappa shape index (κ2) is 9.40. The van der Waals surface area contributed by atoms with Crippen molar-refractivity contribution in [3.63, 3.8) is 0 Å². The summed E-state index contributed by atoms with van der Waals surface area (Å²) < 4.78 is 0. The van der Waals surface area contributed by atoms with Gasteiger partial charge in [-0.3, -0.25) is 0 Å². The number of H-pyrrole nitrogens is 4. The van der Waals surface area contributed by atoms with Crippen molar-refractivity contribution in [1.29, 1.82) is 0 Å². The van der Waals surface area contributed by atoms with Crippen LogP contribution in [0, 0.1) is 13.8 Å². The quantitative estimate of drug-likeness (QED) is 0.565. The minimum atomic E-state index is -1.63. The topological polar surface area (TPSA) is 140 Å². The number of rotatable bonds is 2. The highest BCUT2D eigenvalue weighted by atomic mass is 16.4. The van der Waals surface area contributed by atoms with Crippen LogP contribution < -0.4 is 20.2 Å². The lowest BCUT2D eigenvalue weighted by molar-refractivity contribution is -0.385. The Morgan fingerprint density at radius 1 is 1.00 bits per heavy atom. The summed E-state index contributed by atoms with van der Waals surface area (Å²) in [6.07, 6.45) is 6.40. The van der Waals surface area contributed by atoms with Crippen molar-refractivity contribution in [1.82, 2.24) is 9.97 Å². The van der Waals surface area contributed by atoms with Gasteiger partial charge in [-0.1, -0.05) is 0 Å². The Morgan fingerprint density at radius 3 is 1.42 bits per heavy atom. The third-order valence-electron chi connectivity index (χ3n) is 1.65. The molecule has 19 heavy (non-hydrogen) atoms. The van der Waals surface area contributed by atoms with Gasteiger partial charge in [0.2, 0.25) is 11.6 Å². The van der Waals surface area contributed by atoms with Crippen LogP contribution in [-0.2, 0) is 9.59 Å². The van der Waals surface area contributed by atoms with E-state index in [2.05, 4.69) is 19.9 Å². The van der Waals surface area contributed by atoms with Gasteiger partial charge in [0.05, 0.1) is 0 Å². The molecule has 0 aliphatic rings. The number of imidazole rings is 2. The molecule has 0 unspecified atom stereocenters. The van der Waals surface area contributed by atoms with Gasteiger partial charge in [-0.25, -0.2) is 19.9 Å². The summed E-state index contributed by atoms with van der Waals surface area (Å²) in [6.45, 7) is 3.94. The Balaban J connectivity index is 0.000000256. The molecule has 4 N–H and O–H groups in total. The summed E-state index contributed by atoms with van der Waals surface area (Å²) in [5.41, 5.74) is 0. The number of nitrogens with one attached hydrogen (secondary N) is 4. The fourth-order valence-corrected chi connectivity index (χ4v) is 0.868. The van der Waals surface area contributed by atoms with Gasteiger partial charge in [-0.15, -0.1) is 0 Å². The number of carbonyl (C=O) groups is 2. The van der Waals surface area contributed by atoms with Crippen molar-refractivity contribution >= 4 is 11.9 Å². The predicted octanol–water partition coefficient (Wildman–Crippen LogP) is -2.85. The highest BCUT2D eigenvalue weighted by Crippen LogP contribution is 1.71. The number of carboxylic acid groups (broad SMARTS) is 2. The van der Waals surface area contributed by atoms with E-state index in [0.717, 1.165) is 11.6 Å². The minimum Gasteiger partial charge on any atom is -0.550 e. The number of carbonyl (C=O) groups excluding carboxylic acids is 2. The van der Waals surface area contributed by atoms with Crippen LogP contribution in [-0.4, -0.2) is 21.9 Å². The Kier molecular flexibility index (Phi) is 8.09. The molecule has 2 aromatic heterocycles. The molecule has 0 aromatic carbocycles. The van der Waals surface area contributed by atoms with E-state index in [1.165, 1.54) is 0 Å². The molecule has 2 aromatic rings. The van der Waals surface area contributed by atoms with Gasteiger partial charge >= 0.3 is 0 Å². The normalized spacial score (nSPS) is 8.53. The lowest BCUT2D eigenvalue weighted by Crippen LogP contribution is -2.32. The number of carboxylic acids is 2. The van der Waals surface area contributed by atoms with Crippen molar-refractivity contribution in [3.05, 3.63) is 36.4 Å². The van der Waals surface area contributed by atoms with Gasteiger partial charge in [0.1, 0.15) is 24.8 Å². The average molecular weight is 268 g/mol. The summed E-state index contributed by atoms with van der Waals surface area (Å²) in [7, 11) is 0. The maximum Gasteiger partial charge on any atom is 0.248 e. The maximum atomic E-state index is 9.28. The number of hydrogen-bond acceptors (Lipinski definition) is 4. The summed E-state index contributed by atoms with van der Waals surface area (Å²) >= 11 is 0. The molecule has 8 heteroatoms. The van der Waals surface area contributed by atoms with Crippen LogP contribution in [0.15, 0.2) is 24.8 Å². The third kappa shape index (κ3) is 11.6. The summed E-state index contributed by atoms with van der Waals surface area (Å²) in [5.74, 6) is -1.06. The van der Waals surface area contributed by atoms with E-state index in [1.807, 2.05) is 38.6 Å². The molecule has 0 spiro atoms. The van der Waals surface area contributed by atoms with Crippen molar-refractivity contribution < 1.29 is 29.8 Å². The van der Waals surface area contributed by atoms with Crippen molar-refractivity contribution in [3.8, 4) is 0 Å². The summed E-state index contributed by atoms with van der Waals surface area (Å²) in [4.78, 5) is 30.3. The average Bonchev–Trinajstić information content (AvgIpc) is 2.91. The molecular formula is C11H16N4O4. The first-order chi connectivity index (χ1) is 8.91. The molecule has 0 amide bonds. The summed E-state index contributed by atoms with van der Waals surface area (Å²) in [6, 6.07) is 0. The molecule has 0 aliphatic carbocycles. The fraction of sp³-hybridized carbons (Fsp3) is 0.273. The van der Waals surface area contributed by atoms with Gasteiger partial charge in [-0.2, -0.15) is 0 Å². The van der Waals surface area contributed by atoms with E-state index < -0.39 is 18.4 Å². The highest BCUT2D eigenvalue weighted by molar-refractivity contribution is 5.86. The third-order valence-corrected chi connectivity index (χ3v) is 1.65. The van der Waals surface area contributed by atoms with Gasteiger partial charge in [0, 0.05) is 32.2 Å². The van der Waals surface area contributed by atoms with Gasteiger partial charge in [0.25, 0.3) is 0 Å². The number of aromatic amines is 4. The standard InChI is InChI=1S/2C4H6N2.C3H4O4/c2*1-4-5-2-3-6-4;4-2(5)1-3(6)7/h2*2-3H,1H3,(H,5,6);1H2,(H,4,5)(H,6,7).